The summed E-state index contributed by atoms with van der Waals surface area (Å²) in [4.78, 5) is 29.4. The standard InChI is InChI=1S/C23H23ClN2O4/c1-14-7-8-16(13-19(14)29-3)22(27)25-9-11-26(12-10-25)23(28)20-15(2)17-5-4-6-18(24)21(17)30-20/h4-8,13H,9-12H2,1-3H3. The van der Waals surface area contributed by atoms with Crippen molar-refractivity contribution in [1.82, 2.24) is 9.80 Å². The zero-order valence-corrected chi connectivity index (χ0v) is 18.0. The van der Waals surface area contributed by atoms with Gasteiger partial charge < -0.3 is 19.0 Å². The van der Waals surface area contributed by atoms with Crippen molar-refractivity contribution in [3.63, 3.8) is 0 Å². The highest BCUT2D eigenvalue weighted by molar-refractivity contribution is 6.35. The van der Waals surface area contributed by atoms with Crippen LogP contribution in [0.1, 0.15) is 32.0 Å². The number of rotatable bonds is 3. The molecular weight excluding hydrogens is 404 g/mol. The third-order valence-corrected chi connectivity index (χ3v) is 5.92. The Hall–Kier alpha value is -2.99. The van der Waals surface area contributed by atoms with E-state index < -0.39 is 0 Å². The molecule has 0 aliphatic carbocycles. The van der Waals surface area contributed by atoms with E-state index in [1.54, 1.807) is 35.1 Å². The van der Waals surface area contributed by atoms with Crippen molar-refractivity contribution in [1.29, 1.82) is 0 Å². The monoisotopic (exact) mass is 426 g/mol. The maximum absolute atomic E-state index is 13.0. The van der Waals surface area contributed by atoms with Gasteiger partial charge >= 0.3 is 0 Å². The molecule has 30 heavy (non-hydrogen) atoms. The number of halogens is 1. The van der Waals surface area contributed by atoms with Gasteiger partial charge in [0.25, 0.3) is 11.8 Å². The lowest BCUT2D eigenvalue weighted by atomic mass is 10.1. The number of hydrogen-bond donors (Lipinski definition) is 0. The molecule has 0 atom stereocenters. The highest BCUT2D eigenvalue weighted by Gasteiger charge is 2.29. The third-order valence-electron chi connectivity index (χ3n) is 5.62. The van der Waals surface area contributed by atoms with Crippen molar-refractivity contribution in [3.8, 4) is 5.75 Å². The number of furan rings is 1. The van der Waals surface area contributed by atoms with Gasteiger partial charge in [0, 0.05) is 42.7 Å². The van der Waals surface area contributed by atoms with Crippen LogP contribution in [-0.4, -0.2) is 54.9 Å². The number of carbonyl (C=O) groups excluding carboxylic acids is 2. The SMILES string of the molecule is COc1cc(C(=O)N2CCN(C(=O)c3oc4c(Cl)cccc4c3C)CC2)ccc1C. The Morgan fingerprint density at radius 1 is 1.00 bits per heavy atom. The first-order valence-corrected chi connectivity index (χ1v) is 10.2. The fourth-order valence-electron chi connectivity index (χ4n) is 3.80. The molecule has 2 heterocycles. The summed E-state index contributed by atoms with van der Waals surface area (Å²) in [5.74, 6) is 0.755. The number of methoxy groups -OCH3 is 1. The number of amides is 2. The first kappa shape index (κ1) is 20.3. The van der Waals surface area contributed by atoms with Crippen molar-refractivity contribution in [2.75, 3.05) is 33.3 Å². The minimum absolute atomic E-state index is 0.0629. The van der Waals surface area contributed by atoms with Crippen LogP contribution in [0.3, 0.4) is 0 Å². The van der Waals surface area contributed by atoms with E-state index in [9.17, 15) is 9.59 Å². The van der Waals surface area contributed by atoms with Crippen LogP contribution in [-0.2, 0) is 0 Å². The average molecular weight is 427 g/mol. The molecule has 7 heteroatoms. The van der Waals surface area contributed by atoms with E-state index in [1.165, 1.54) is 0 Å². The molecular formula is C23H23ClN2O4. The summed E-state index contributed by atoms with van der Waals surface area (Å²) in [7, 11) is 1.59. The zero-order valence-electron chi connectivity index (χ0n) is 17.2. The summed E-state index contributed by atoms with van der Waals surface area (Å²) in [5.41, 5.74) is 2.87. The number of piperazine rings is 1. The minimum atomic E-state index is -0.177. The zero-order chi connectivity index (χ0) is 21.4. The van der Waals surface area contributed by atoms with E-state index >= 15 is 0 Å². The molecule has 0 spiro atoms. The highest BCUT2D eigenvalue weighted by Crippen LogP contribution is 2.31. The third kappa shape index (κ3) is 3.52. The normalized spacial score (nSPS) is 14.3. The molecule has 1 saturated heterocycles. The Balaban J connectivity index is 1.47. The van der Waals surface area contributed by atoms with Gasteiger partial charge in [-0.25, -0.2) is 0 Å². The number of aryl methyl sites for hydroxylation is 2. The molecule has 1 aliphatic rings. The number of ether oxygens (including phenoxy) is 1. The summed E-state index contributed by atoms with van der Waals surface area (Å²) in [6.07, 6.45) is 0. The van der Waals surface area contributed by atoms with E-state index in [-0.39, 0.29) is 11.8 Å². The van der Waals surface area contributed by atoms with Crippen LogP contribution in [0.15, 0.2) is 40.8 Å². The van der Waals surface area contributed by atoms with Crippen LogP contribution < -0.4 is 4.74 Å². The van der Waals surface area contributed by atoms with Gasteiger partial charge in [-0.15, -0.1) is 0 Å². The molecule has 0 bridgehead atoms. The molecule has 0 saturated carbocycles. The molecule has 1 aliphatic heterocycles. The van der Waals surface area contributed by atoms with Gasteiger partial charge in [0.2, 0.25) is 0 Å². The highest BCUT2D eigenvalue weighted by atomic mass is 35.5. The lowest BCUT2D eigenvalue weighted by molar-refractivity contribution is 0.0518. The van der Waals surface area contributed by atoms with E-state index in [2.05, 4.69) is 0 Å². The van der Waals surface area contributed by atoms with E-state index in [0.717, 1.165) is 16.5 Å². The van der Waals surface area contributed by atoms with Crippen LogP contribution in [0.25, 0.3) is 11.0 Å². The molecule has 2 aromatic carbocycles. The molecule has 1 fully saturated rings. The van der Waals surface area contributed by atoms with Crippen LogP contribution in [0.5, 0.6) is 5.75 Å². The van der Waals surface area contributed by atoms with Gasteiger partial charge in [-0.1, -0.05) is 29.8 Å². The first-order valence-electron chi connectivity index (χ1n) is 9.81. The molecule has 1 aromatic heterocycles. The fraction of sp³-hybridized carbons (Fsp3) is 0.304. The van der Waals surface area contributed by atoms with Crippen LogP contribution in [0.4, 0.5) is 0 Å². The summed E-state index contributed by atoms with van der Waals surface area (Å²) in [5, 5.41) is 1.33. The minimum Gasteiger partial charge on any atom is -0.496 e. The average Bonchev–Trinajstić information content (AvgIpc) is 3.11. The molecule has 6 nitrogen and oxygen atoms in total. The predicted octanol–water partition coefficient (Wildman–Crippen LogP) is 4.31. The van der Waals surface area contributed by atoms with Gasteiger partial charge in [-0.05, 0) is 37.6 Å². The second-order valence-electron chi connectivity index (χ2n) is 7.44. The van der Waals surface area contributed by atoms with Crippen LogP contribution in [0.2, 0.25) is 5.02 Å². The summed E-state index contributed by atoms with van der Waals surface area (Å²) in [6.45, 7) is 5.60. The van der Waals surface area contributed by atoms with E-state index in [1.807, 2.05) is 32.0 Å². The quantitative estimate of drug-likeness (QED) is 0.626. The Labute approximate surface area is 180 Å². The van der Waals surface area contributed by atoms with E-state index in [4.69, 9.17) is 20.8 Å². The molecule has 0 N–H and O–H groups in total. The Morgan fingerprint density at radius 3 is 2.30 bits per heavy atom. The largest absolute Gasteiger partial charge is 0.496 e. The Bertz CT molecular complexity index is 1130. The topological polar surface area (TPSA) is 63.0 Å². The lowest BCUT2D eigenvalue weighted by Crippen LogP contribution is -2.50. The fourth-order valence-corrected chi connectivity index (χ4v) is 4.02. The molecule has 4 rings (SSSR count). The van der Waals surface area contributed by atoms with Gasteiger partial charge in [-0.3, -0.25) is 9.59 Å². The number of carbonyl (C=O) groups is 2. The summed E-state index contributed by atoms with van der Waals surface area (Å²) in [6, 6.07) is 10.9. The van der Waals surface area contributed by atoms with Crippen molar-refractivity contribution < 1.29 is 18.7 Å². The van der Waals surface area contributed by atoms with Gasteiger partial charge in [-0.2, -0.15) is 0 Å². The molecule has 0 radical (unpaired) electrons. The number of hydrogen-bond acceptors (Lipinski definition) is 4. The van der Waals surface area contributed by atoms with E-state index in [0.29, 0.717) is 53.9 Å². The van der Waals surface area contributed by atoms with Gasteiger partial charge in [0.05, 0.1) is 12.1 Å². The van der Waals surface area contributed by atoms with Crippen molar-refractivity contribution in [2.45, 2.75) is 13.8 Å². The summed E-state index contributed by atoms with van der Waals surface area (Å²) >= 11 is 6.20. The number of benzene rings is 2. The van der Waals surface area contributed by atoms with Crippen LogP contribution in [0, 0.1) is 13.8 Å². The lowest BCUT2D eigenvalue weighted by Gasteiger charge is -2.34. The number of para-hydroxylation sites is 1. The maximum Gasteiger partial charge on any atom is 0.290 e. The molecule has 156 valence electrons. The molecule has 3 aromatic rings. The summed E-state index contributed by atoms with van der Waals surface area (Å²) < 4.78 is 11.1. The Kier molecular flexibility index (Phi) is 5.43. The smallest absolute Gasteiger partial charge is 0.290 e. The predicted molar refractivity (Wildman–Crippen MR) is 115 cm³/mol. The second kappa shape index (κ2) is 8.03. The van der Waals surface area contributed by atoms with Crippen molar-refractivity contribution in [2.24, 2.45) is 0 Å². The van der Waals surface area contributed by atoms with Crippen molar-refractivity contribution >= 4 is 34.4 Å². The number of nitrogens with zero attached hydrogens (tertiary/aromatic N) is 2. The number of fused-ring (bicyclic) bond motifs is 1. The van der Waals surface area contributed by atoms with Gasteiger partial charge in [0.15, 0.2) is 11.3 Å². The van der Waals surface area contributed by atoms with Crippen LogP contribution >= 0.6 is 11.6 Å². The molecule has 2 amide bonds. The first-order chi connectivity index (χ1) is 14.4. The van der Waals surface area contributed by atoms with Gasteiger partial charge in [0.1, 0.15) is 5.75 Å². The second-order valence-corrected chi connectivity index (χ2v) is 7.85. The maximum atomic E-state index is 13.0. The molecule has 0 unspecified atom stereocenters. The Morgan fingerprint density at radius 2 is 1.67 bits per heavy atom. The van der Waals surface area contributed by atoms with Crippen molar-refractivity contribution in [3.05, 3.63) is 63.9 Å².